The molecule has 2 heterocycles. The maximum Gasteiger partial charge on any atom is 0.106 e. The largest absolute Gasteiger partial charge is 0.368 e. The van der Waals surface area contributed by atoms with Gasteiger partial charge in [-0.15, -0.1) is 0 Å². The predicted molar refractivity (Wildman–Crippen MR) is 124 cm³/mol. The minimum absolute atomic E-state index is 0.269. The van der Waals surface area contributed by atoms with Crippen molar-refractivity contribution in [1.82, 2.24) is 0 Å². The Balaban J connectivity index is 1.37. The van der Waals surface area contributed by atoms with Gasteiger partial charge in [0.05, 0.1) is 13.2 Å². The molecule has 2 saturated heterocycles. The highest BCUT2D eigenvalue weighted by atomic mass is 16.6. The summed E-state index contributed by atoms with van der Waals surface area (Å²) in [5.41, 5.74) is 8.31. The van der Waals surface area contributed by atoms with Crippen LogP contribution in [0.5, 0.6) is 0 Å². The lowest BCUT2D eigenvalue weighted by Gasteiger charge is -2.26. The summed E-state index contributed by atoms with van der Waals surface area (Å²) in [5, 5.41) is 0. The quantitative estimate of drug-likeness (QED) is 0.324. The summed E-state index contributed by atoms with van der Waals surface area (Å²) in [7, 11) is 0. The van der Waals surface area contributed by atoms with Gasteiger partial charge in [0, 0.05) is 17.1 Å². The lowest BCUT2D eigenvalue weighted by molar-refractivity contribution is 0.415. The predicted octanol–water partition coefficient (Wildman–Crippen LogP) is 6.97. The lowest BCUT2D eigenvalue weighted by atomic mass is 10.0. The summed E-state index contributed by atoms with van der Waals surface area (Å²) in [6.45, 7) is 1.66. The van der Waals surface area contributed by atoms with E-state index in [0.29, 0.717) is 0 Å². The van der Waals surface area contributed by atoms with Crippen LogP contribution < -0.4 is 4.90 Å². The van der Waals surface area contributed by atoms with Gasteiger partial charge in [-0.1, -0.05) is 66.7 Å². The highest BCUT2D eigenvalue weighted by Gasteiger charge is 2.26. The Morgan fingerprint density at radius 1 is 0.484 bits per heavy atom. The molecule has 2 unspecified atom stereocenters. The molecule has 2 aliphatic rings. The summed E-state index contributed by atoms with van der Waals surface area (Å²) in [4.78, 5) is 2.30. The van der Waals surface area contributed by atoms with Crippen LogP contribution in [0.25, 0.3) is 11.1 Å². The van der Waals surface area contributed by atoms with Gasteiger partial charge in [0.15, 0.2) is 0 Å². The fourth-order valence-electron chi connectivity index (χ4n) is 4.04. The summed E-state index contributed by atoms with van der Waals surface area (Å²) in [5.74, 6) is 0. The van der Waals surface area contributed by atoms with Gasteiger partial charge in [-0.05, 0) is 58.7 Å². The zero-order valence-corrected chi connectivity index (χ0v) is 17.1. The van der Waals surface area contributed by atoms with Crippen LogP contribution in [-0.2, 0) is 9.47 Å². The SMILES string of the molecule is c1ccc(-c2ccc(N(c3ccc(C4CO4)cc3)c3ccc(C4CO4)cc3)cc2)cc1. The monoisotopic (exact) mass is 405 g/mol. The van der Waals surface area contributed by atoms with Crippen molar-refractivity contribution >= 4 is 17.1 Å². The molecule has 0 radical (unpaired) electrons. The number of epoxide rings is 2. The molecule has 2 atom stereocenters. The van der Waals surface area contributed by atoms with E-state index in [0.717, 1.165) is 30.3 Å². The molecule has 2 fully saturated rings. The highest BCUT2D eigenvalue weighted by molar-refractivity contribution is 5.78. The number of rotatable bonds is 6. The maximum atomic E-state index is 5.44. The van der Waals surface area contributed by atoms with E-state index >= 15 is 0 Å². The van der Waals surface area contributed by atoms with E-state index < -0.39 is 0 Å². The number of anilines is 3. The molecule has 0 aliphatic carbocycles. The van der Waals surface area contributed by atoms with Crippen molar-refractivity contribution < 1.29 is 9.47 Å². The van der Waals surface area contributed by atoms with E-state index in [9.17, 15) is 0 Å². The third-order valence-corrected chi connectivity index (χ3v) is 5.95. The van der Waals surface area contributed by atoms with Crippen molar-refractivity contribution in [2.45, 2.75) is 12.2 Å². The number of benzene rings is 4. The molecule has 31 heavy (non-hydrogen) atoms. The molecule has 0 saturated carbocycles. The molecule has 0 spiro atoms. The van der Waals surface area contributed by atoms with Gasteiger partial charge in [0.1, 0.15) is 12.2 Å². The van der Waals surface area contributed by atoms with Crippen molar-refractivity contribution in [2.75, 3.05) is 18.1 Å². The fourth-order valence-corrected chi connectivity index (χ4v) is 4.04. The van der Waals surface area contributed by atoms with Crippen LogP contribution in [0.15, 0.2) is 103 Å². The van der Waals surface area contributed by atoms with Gasteiger partial charge >= 0.3 is 0 Å². The topological polar surface area (TPSA) is 28.3 Å². The minimum atomic E-state index is 0.269. The van der Waals surface area contributed by atoms with Crippen LogP contribution >= 0.6 is 0 Å². The first kappa shape index (κ1) is 18.4. The Morgan fingerprint density at radius 2 is 0.871 bits per heavy atom. The minimum Gasteiger partial charge on any atom is -0.368 e. The highest BCUT2D eigenvalue weighted by Crippen LogP contribution is 2.39. The second kappa shape index (κ2) is 7.69. The third-order valence-electron chi connectivity index (χ3n) is 5.95. The van der Waals surface area contributed by atoms with E-state index in [-0.39, 0.29) is 12.2 Å². The lowest BCUT2D eigenvalue weighted by Crippen LogP contribution is -2.10. The number of hydrogen-bond donors (Lipinski definition) is 0. The molecule has 3 heteroatoms. The first-order chi connectivity index (χ1) is 15.3. The first-order valence-electron chi connectivity index (χ1n) is 10.7. The van der Waals surface area contributed by atoms with Crippen molar-refractivity contribution in [3.05, 3.63) is 114 Å². The number of hydrogen-bond acceptors (Lipinski definition) is 3. The van der Waals surface area contributed by atoms with E-state index in [1.165, 1.54) is 22.3 Å². The molecule has 152 valence electrons. The molecule has 3 nitrogen and oxygen atoms in total. The van der Waals surface area contributed by atoms with Gasteiger partial charge < -0.3 is 14.4 Å². The second-order valence-electron chi connectivity index (χ2n) is 8.08. The summed E-state index contributed by atoms with van der Waals surface area (Å²) in [6, 6.07) is 36.7. The molecular weight excluding hydrogens is 382 g/mol. The van der Waals surface area contributed by atoms with Crippen molar-refractivity contribution in [3.63, 3.8) is 0 Å². The molecule has 2 aliphatic heterocycles. The summed E-state index contributed by atoms with van der Waals surface area (Å²) >= 11 is 0. The molecule has 0 aromatic heterocycles. The molecule has 6 rings (SSSR count). The Hall–Kier alpha value is -3.40. The smallest absolute Gasteiger partial charge is 0.106 e. The molecule has 4 aromatic rings. The van der Waals surface area contributed by atoms with Crippen LogP contribution in [0.1, 0.15) is 23.3 Å². The van der Waals surface area contributed by atoms with Crippen molar-refractivity contribution in [1.29, 1.82) is 0 Å². The van der Waals surface area contributed by atoms with Crippen molar-refractivity contribution in [3.8, 4) is 11.1 Å². The van der Waals surface area contributed by atoms with Gasteiger partial charge in [0.25, 0.3) is 0 Å². The average Bonchev–Trinajstić information content (AvgIpc) is 3.74. The maximum absolute atomic E-state index is 5.44. The van der Waals surface area contributed by atoms with Crippen LogP contribution in [0.2, 0.25) is 0 Å². The molecule has 0 N–H and O–H groups in total. The van der Waals surface area contributed by atoms with Crippen LogP contribution in [-0.4, -0.2) is 13.2 Å². The van der Waals surface area contributed by atoms with Gasteiger partial charge in [-0.2, -0.15) is 0 Å². The zero-order chi connectivity index (χ0) is 20.6. The fraction of sp³-hybridized carbons (Fsp3) is 0.143. The van der Waals surface area contributed by atoms with E-state index in [1.54, 1.807) is 0 Å². The van der Waals surface area contributed by atoms with Crippen molar-refractivity contribution in [2.24, 2.45) is 0 Å². The summed E-state index contributed by atoms with van der Waals surface area (Å²) < 4.78 is 10.9. The molecule has 0 bridgehead atoms. The van der Waals surface area contributed by atoms with Crippen LogP contribution in [0.4, 0.5) is 17.1 Å². The van der Waals surface area contributed by atoms with Gasteiger partial charge in [-0.25, -0.2) is 0 Å². The number of ether oxygens (including phenoxy) is 2. The second-order valence-corrected chi connectivity index (χ2v) is 8.08. The van der Waals surface area contributed by atoms with Gasteiger partial charge in [0.2, 0.25) is 0 Å². The standard InChI is InChI=1S/C28H23NO2/c1-2-4-20(5-3-1)21-6-12-24(13-7-21)29(25-14-8-22(9-15-25)27-18-30-27)26-16-10-23(11-17-26)28-19-31-28/h1-17,27-28H,18-19H2. The number of nitrogens with zero attached hydrogens (tertiary/aromatic N) is 1. The third kappa shape index (κ3) is 3.86. The molecular formula is C28H23NO2. The normalized spacial score (nSPS) is 19.1. The Bertz CT molecular complexity index is 1110. The van der Waals surface area contributed by atoms with Crippen LogP contribution in [0, 0.1) is 0 Å². The summed E-state index contributed by atoms with van der Waals surface area (Å²) in [6.07, 6.45) is 0.538. The van der Waals surface area contributed by atoms with Gasteiger partial charge in [-0.3, -0.25) is 0 Å². The van der Waals surface area contributed by atoms with E-state index in [4.69, 9.17) is 9.47 Å². The van der Waals surface area contributed by atoms with E-state index in [2.05, 4.69) is 102 Å². The first-order valence-corrected chi connectivity index (χ1v) is 10.7. The van der Waals surface area contributed by atoms with E-state index in [1.807, 2.05) is 6.07 Å². The Kier molecular flexibility index (Phi) is 4.56. The Labute approximate surface area is 182 Å². The zero-order valence-electron chi connectivity index (χ0n) is 17.1. The average molecular weight is 405 g/mol. The van der Waals surface area contributed by atoms with Crippen LogP contribution in [0.3, 0.4) is 0 Å². The Morgan fingerprint density at radius 3 is 1.29 bits per heavy atom. The molecule has 4 aromatic carbocycles. The molecule has 0 amide bonds.